The van der Waals surface area contributed by atoms with Crippen molar-refractivity contribution in [3.8, 4) is 33.8 Å². The van der Waals surface area contributed by atoms with E-state index >= 15 is 0 Å². The molecule has 1 aliphatic carbocycles. The second-order valence-electron chi connectivity index (χ2n) is 11.5. The minimum absolute atomic E-state index is 0.151. The molecule has 0 N–H and O–H groups in total. The van der Waals surface area contributed by atoms with E-state index in [2.05, 4.69) is 80.6 Å². The van der Waals surface area contributed by atoms with Crippen molar-refractivity contribution in [3.05, 3.63) is 120 Å². The molecular weight excluding hydrogens is 528 g/mol. The lowest BCUT2D eigenvalue weighted by Gasteiger charge is -2.30. The normalized spacial score (nSPS) is 13.7. The van der Waals surface area contributed by atoms with E-state index in [4.69, 9.17) is 18.8 Å². The smallest absolute Gasteiger partial charge is 0.180 e. The van der Waals surface area contributed by atoms with E-state index < -0.39 is 0 Å². The Morgan fingerprint density at radius 2 is 1.30 bits per heavy atom. The molecule has 4 heteroatoms. The fourth-order valence-corrected chi connectivity index (χ4v) is 7.56. The number of hydrogen-bond donors (Lipinski definition) is 0. The number of aromatic nitrogens is 2. The molecule has 0 fully saturated rings. The molecule has 0 bridgehead atoms. The molecule has 4 nitrogen and oxygen atoms in total. The summed E-state index contributed by atoms with van der Waals surface area (Å²) >= 11 is 0. The Balaban J connectivity index is 1.48. The van der Waals surface area contributed by atoms with Crippen molar-refractivity contribution in [2.45, 2.75) is 32.1 Å². The van der Waals surface area contributed by atoms with E-state index in [9.17, 15) is 0 Å². The number of para-hydroxylation sites is 2. The predicted molar refractivity (Wildman–Crippen MR) is 174 cm³/mol. The molecule has 0 saturated heterocycles. The van der Waals surface area contributed by atoms with Gasteiger partial charge in [-0.1, -0.05) is 98.8 Å². The molecule has 206 valence electrons. The van der Waals surface area contributed by atoms with Gasteiger partial charge in [0.25, 0.3) is 0 Å². The summed E-state index contributed by atoms with van der Waals surface area (Å²) in [6.07, 6.45) is 1.96. The van der Waals surface area contributed by atoms with Crippen LogP contribution in [0, 0.1) is 0 Å². The molecule has 8 aromatic rings. The van der Waals surface area contributed by atoms with Crippen LogP contribution in [0.5, 0.6) is 0 Å². The lowest BCUT2D eigenvalue weighted by molar-refractivity contribution is 0.494. The zero-order valence-corrected chi connectivity index (χ0v) is 24.0. The van der Waals surface area contributed by atoms with Gasteiger partial charge in [0.05, 0.1) is 0 Å². The fraction of sp³-hybridized carbons (Fsp3) is 0.128. The average molecular weight is 557 g/mol. The summed E-state index contributed by atoms with van der Waals surface area (Å²) in [4.78, 5) is 10.6. The zero-order chi connectivity index (χ0) is 28.7. The molecule has 0 spiro atoms. The lowest BCUT2D eigenvalue weighted by atomic mass is 9.72. The third-order valence-electron chi connectivity index (χ3n) is 9.57. The summed E-state index contributed by atoms with van der Waals surface area (Å²) in [7, 11) is 0. The van der Waals surface area contributed by atoms with Crippen LogP contribution in [0.4, 0.5) is 0 Å². The maximum absolute atomic E-state index is 6.60. The summed E-state index contributed by atoms with van der Waals surface area (Å²) < 4.78 is 13.0. The highest BCUT2D eigenvalue weighted by Gasteiger charge is 2.44. The van der Waals surface area contributed by atoms with E-state index in [-0.39, 0.29) is 5.41 Å². The van der Waals surface area contributed by atoms with Crippen molar-refractivity contribution in [3.63, 3.8) is 0 Å². The van der Waals surface area contributed by atoms with Gasteiger partial charge in [-0.15, -0.1) is 0 Å². The highest BCUT2D eigenvalue weighted by molar-refractivity contribution is 6.14. The van der Waals surface area contributed by atoms with Gasteiger partial charge in [0.2, 0.25) is 0 Å². The first kappa shape index (κ1) is 24.4. The summed E-state index contributed by atoms with van der Waals surface area (Å²) in [5.74, 6) is 0.675. The highest BCUT2D eigenvalue weighted by Crippen LogP contribution is 2.58. The molecule has 0 atom stereocenters. The van der Waals surface area contributed by atoms with Gasteiger partial charge in [-0.25, -0.2) is 9.97 Å². The first-order chi connectivity index (χ1) is 21.2. The molecule has 9 rings (SSSR count). The average Bonchev–Trinajstić information content (AvgIpc) is 3.72. The summed E-state index contributed by atoms with van der Waals surface area (Å²) in [5, 5.41) is 3.34. The van der Waals surface area contributed by atoms with Crippen LogP contribution in [-0.4, -0.2) is 9.97 Å². The Bertz CT molecular complexity index is 2370. The van der Waals surface area contributed by atoms with E-state index in [1.54, 1.807) is 0 Å². The number of furan rings is 2. The minimum Gasteiger partial charge on any atom is -0.456 e. The monoisotopic (exact) mass is 556 g/mol. The Morgan fingerprint density at radius 3 is 2.09 bits per heavy atom. The molecule has 0 aliphatic heterocycles. The molecular formula is C39H28N2O2. The van der Waals surface area contributed by atoms with Gasteiger partial charge < -0.3 is 8.83 Å². The van der Waals surface area contributed by atoms with Crippen LogP contribution in [0.3, 0.4) is 0 Å². The summed E-state index contributed by atoms with van der Waals surface area (Å²) in [6.45, 7) is 4.62. The van der Waals surface area contributed by atoms with Crippen molar-refractivity contribution < 1.29 is 8.83 Å². The van der Waals surface area contributed by atoms with Crippen LogP contribution in [0.2, 0.25) is 0 Å². The van der Waals surface area contributed by atoms with Gasteiger partial charge in [0.1, 0.15) is 28.0 Å². The maximum atomic E-state index is 6.60. The van der Waals surface area contributed by atoms with Gasteiger partial charge in [-0.2, -0.15) is 0 Å². The van der Waals surface area contributed by atoms with Crippen molar-refractivity contribution in [2.24, 2.45) is 0 Å². The molecule has 0 radical (unpaired) electrons. The first-order valence-corrected chi connectivity index (χ1v) is 15.1. The minimum atomic E-state index is -0.151. The molecule has 3 heterocycles. The fourth-order valence-electron chi connectivity index (χ4n) is 7.56. The quantitative estimate of drug-likeness (QED) is 0.216. The molecule has 1 aliphatic rings. The first-order valence-electron chi connectivity index (χ1n) is 15.1. The second kappa shape index (κ2) is 8.89. The SMILES string of the molecule is CCC1(CC)c2ccccc2-c2c(-c3nc(-c4ccccc4)c4oc5ccccc5c4n3)cc3oc4ccccc4c3c21. The Hall–Kier alpha value is -5.22. The van der Waals surface area contributed by atoms with Crippen LogP contribution in [0.1, 0.15) is 37.8 Å². The van der Waals surface area contributed by atoms with Crippen molar-refractivity contribution in [2.75, 3.05) is 0 Å². The summed E-state index contributed by atoms with van der Waals surface area (Å²) in [5.41, 5.74) is 11.9. The van der Waals surface area contributed by atoms with Gasteiger partial charge in [-0.05, 0) is 59.4 Å². The number of benzene rings is 5. The van der Waals surface area contributed by atoms with Crippen LogP contribution in [-0.2, 0) is 5.41 Å². The molecule has 0 amide bonds. The Labute approximate surface area is 248 Å². The molecule has 0 unspecified atom stereocenters. The van der Waals surface area contributed by atoms with E-state index in [1.165, 1.54) is 27.6 Å². The number of nitrogens with zero attached hydrogens (tertiary/aromatic N) is 2. The number of fused-ring (bicyclic) bond motifs is 10. The number of hydrogen-bond acceptors (Lipinski definition) is 4. The van der Waals surface area contributed by atoms with Gasteiger partial charge in [-0.3, -0.25) is 0 Å². The van der Waals surface area contributed by atoms with E-state index in [1.807, 2.05) is 42.5 Å². The van der Waals surface area contributed by atoms with E-state index in [0.717, 1.165) is 62.7 Å². The lowest BCUT2D eigenvalue weighted by Crippen LogP contribution is -2.23. The van der Waals surface area contributed by atoms with Gasteiger partial charge in [0.15, 0.2) is 11.4 Å². The predicted octanol–water partition coefficient (Wildman–Crippen LogP) is 10.7. The van der Waals surface area contributed by atoms with Gasteiger partial charge >= 0.3 is 0 Å². The zero-order valence-electron chi connectivity index (χ0n) is 24.0. The van der Waals surface area contributed by atoms with Crippen molar-refractivity contribution >= 4 is 44.0 Å². The second-order valence-corrected chi connectivity index (χ2v) is 11.5. The topological polar surface area (TPSA) is 52.1 Å². The van der Waals surface area contributed by atoms with Gasteiger partial charge in [0, 0.05) is 32.7 Å². The molecule has 5 aromatic carbocycles. The molecule has 0 saturated carbocycles. The van der Waals surface area contributed by atoms with Crippen LogP contribution in [0.25, 0.3) is 77.8 Å². The van der Waals surface area contributed by atoms with Crippen LogP contribution >= 0.6 is 0 Å². The third-order valence-corrected chi connectivity index (χ3v) is 9.57. The third kappa shape index (κ3) is 3.21. The number of rotatable bonds is 4. The highest BCUT2D eigenvalue weighted by atomic mass is 16.3. The maximum Gasteiger partial charge on any atom is 0.180 e. The van der Waals surface area contributed by atoms with Crippen molar-refractivity contribution in [1.29, 1.82) is 0 Å². The Morgan fingerprint density at radius 1 is 0.628 bits per heavy atom. The largest absolute Gasteiger partial charge is 0.456 e. The van der Waals surface area contributed by atoms with E-state index in [0.29, 0.717) is 11.4 Å². The Kier molecular flexibility index (Phi) is 5.04. The summed E-state index contributed by atoms with van der Waals surface area (Å²) in [6, 6.07) is 37.8. The standard InChI is InChI=1S/C39H28N2O2/c1-3-39(4-2)28-19-11-8-16-24(28)32-27(22-31-33(34(32)39)25-17-9-12-20-29(25)42-31)38-40-35(23-14-6-5-7-15-23)37-36(41-38)26-18-10-13-21-30(26)43-37/h5-22H,3-4H2,1-2H3. The van der Waals surface area contributed by atoms with Crippen LogP contribution in [0.15, 0.2) is 118 Å². The molecule has 3 aromatic heterocycles. The van der Waals surface area contributed by atoms with Crippen molar-refractivity contribution in [1.82, 2.24) is 9.97 Å². The molecule has 43 heavy (non-hydrogen) atoms. The van der Waals surface area contributed by atoms with Crippen LogP contribution < -0.4 is 0 Å².